The van der Waals surface area contributed by atoms with Crippen LogP contribution in [-0.4, -0.2) is 0 Å². The Morgan fingerprint density at radius 3 is 2.26 bits per heavy atom. The molecule has 0 radical (unpaired) electrons. The fraction of sp³-hybridized carbons (Fsp3) is 0.294. The van der Waals surface area contributed by atoms with Crippen molar-refractivity contribution in [1.29, 1.82) is 0 Å². The molecule has 2 aromatic carbocycles. The Balaban J connectivity index is 2.19. The van der Waals surface area contributed by atoms with Crippen LogP contribution in [0.5, 0.6) is 0 Å². The van der Waals surface area contributed by atoms with E-state index in [1.54, 1.807) is 0 Å². The molecule has 0 heterocycles. The lowest BCUT2D eigenvalue weighted by Crippen LogP contribution is -2.03. The highest BCUT2D eigenvalue weighted by molar-refractivity contribution is 6.30. The zero-order valence-electron chi connectivity index (χ0n) is 12.0. The van der Waals surface area contributed by atoms with Gasteiger partial charge >= 0.3 is 0 Å². The summed E-state index contributed by atoms with van der Waals surface area (Å²) in [6, 6.07) is 10.4. The van der Waals surface area contributed by atoms with Gasteiger partial charge in [0.15, 0.2) is 0 Å². The molecule has 0 aliphatic heterocycles. The van der Waals surface area contributed by atoms with Crippen LogP contribution < -0.4 is 5.32 Å². The van der Waals surface area contributed by atoms with Crippen LogP contribution in [0.15, 0.2) is 30.3 Å². The lowest BCUT2D eigenvalue weighted by Gasteiger charge is -2.13. The third-order valence-corrected chi connectivity index (χ3v) is 3.86. The molecule has 2 rings (SSSR count). The number of hydrogen-bond acceptors (Lipinski definition) is 1. The number of anilines is 1. The average Bonchev–Trinajstić information content (AvgIpc) is 2.36. The molecule has 0 aliphatic carbocycles. The molecule has 0 atom stereocenters. The molecule has 0 amide bonds. The van der Waals surface area contributed by atoms with Crippen molar-refractivity contribution >= 4 is 17.3 Å². The third-order valence-electron chi connectivity index (χ3n) is 3.62. The van der Waals surface area contributed by atoms with Gasteiger partial charge in [0.05, 0.1) is 0 Å². The standard InChI is InChI=1S/C17H20ClN/c1-11-5-6-16(18)9-17(11)19-10-15-8-13(3)12(2)7-14(15)4/h5-9,19H,10H2,1-4H3. The molecule has 1 N–H and O–H groups in total. The zero-order chi connectivity index (χ0) is 14.0. The smallest absolute Gasteiger partial charge is 0.0426 e. The van der Waals surface area contributed by atoms with Crippen LogP contribution in [0.4, 0.5) is 5.69 Å². The van der Waals surface area contributed by atoms with Gasteiger partial charge in [-0.25, -0.2) is 0 Å². The molecule has 1 nitrogen and oxygen atoms in total. The minimum Gasteiger partial charge on any atom is -0.381 e. The van der Waals surface area contributed by atoms with Gasteiger partial charge in [0.2, 0.25) is 0 Å². The predicted octanol–water partition coefficient (Wildman–Crippen LogP) is 5.19. The molecule has 0 saturated carbocycles. The Hall–Kier alpha value is -1.47. The average molecular weight is 274 g/mol. The van der Waals surface area contributed by atoms with Crippen molar-refractivity contribution in [3.8, 4) is 0 Å². The van der Waals surface area contributed by atoms with Gasteiger partial charge < -0.3 is 5.32 Å². The van der Waals surface area contributed by atoms with Gasteiger partial charge in [0.25, 0.3) is 0 Å². The molecular formula is C17H20ClN. The van der Waals surface area contributed by atoms with Crippen molar-refractivity contribution in [2.24, 2.45) is 0 Å². The summed E-state index contributed by atoms with van der Waals surface area (Å²) in [5.74, 6) is 0. The van der Waals surface area contributed by atoms with Gasteiger partial charge in [-0.1, -0.05) is 29.8 Å². The van der Waals surface area contributed by atoms with Crippen molar-refractivity contribution in [2.75, 3.05) is 5.32 Å². The Kier molecular flexibility index (Phi) is 4.16. The highest BCUT2D eigenvalue weighted by Gasteiger charge is 2.04. The summed E-state index contributed by atoms with van der Waals surface area (Å²) in [5.41, 5.74) is 7.67. The molecule has 19 heavy (non-hydrogen) atoms. The Bertz CT molecular complexity index is 602. The van der Waals surface area contributed by atoms with Gasteiger partial charge in [0, 0.05) is 17.3 Å². The molecule has 0 aromatic heterocycles. The number of aryl methyl sites for hydroxylation is 4. The van der Waals surface area contributed by atoms with Crippen LogP contribution in [0.2, 0.25) is 5.02 Å². The second-order valence-electron chi connectivity index (χ2n) is 5.18. The first-order valence-electron chi connectivity index (χ1n) is 6.54. The van der Waals surface area contributed by atoms with Gasteiger partial charge in [0.1, 0.15) is 0 Å². The number of hydrogen-bond donors (Lipinski definition) is 1. The highest BCUT2D eigenvalue weighted by Crippen LogP contribution is 2.22. The van der Waals surface area contributed by atoms with Crippen LogP contribution in [0.25, 0.3) is 0 Å². The normalized spacial score (nSPS) is 10.6. The minimum atomic E-state index is 0.768. The summed E-state index contributed by atoms with van der Waals surface area (Å²) in [6.07, 6.45) is 0. The summed E-state index contributed by atoms with van der Waals surface area (Å²) in [7, 11) is 0. The SMILES string of the molecule is Cc1cc(C)c(CNc2cc(Cl)ccc2C)cc1C. The summed E-state index contributed by atoms with van der Waals surface area (Å²) >= 11 is 6.04. The topological polar surface area (TPSA) is 12.0 Å². The van der Waals surface area contributed by atoms with E-state index in [0.717, 1.165) is 17.3 Å². The second-order valence-corrected chi connectivity index (χ2v) is 5.61. The molecule has 0 bridgehead atoms. The first kappa shape index (κ1) is 14.0. The van der Waals surface area contributed by atoms with Crippen molar-refractivity contribution < 1.29 is 0 Å². The monoisotopic (exact) mass is 273 g/mol. The summed E-state index contributed by atoms with van der Waals surface area (Å²) in [5, 5.41) is 4.24. The van der Waals surface area contributed by atoms with Crippen LogP contribution in [0.1, 0.15) is 27.8 Å². The maximum atomic E-state index is 6.04. The van der Waals surface area contributed by atoms with E-state index in [2.05, 4.69) is 45.1 Å². The van der Waals surface area contributed by atoms with Gasteiger partial charge in [-0.2, -0.15) is 0 Å². The fourth-order valence-electron chi connectivity index (χ4n) is 2.19. The summed E-state index contributed by atoms with van der Waals surface area (Å²) < 4.78 is 0. The van der Waals surface area contributed by atoms with E-state index in [-0.39, 0.29) is 0 Å². The second kappa shape index (κ2) is 5.66. The van der Waals surface area contributed by atoms with E-state index in [1.165, 1.54) is 27.8 Å². The molecule has 0 spiro atoms. The van der Waals surface area contributed by atoms with E-state index >= 15 is 0 Å². The zero-order valence-corrected chi connectivity index (χ0v) is 12.7. The van der Waals surface area contributed by atoms with E-state index < -0.39 is 0 Å². The molecule has 2 aromatic rings. The molecule has 0 aliphatic rings. The van der Waals surface area contributed by atoms with E-state index in [9.17, 15) is 0 Å². The van der Waals surface area contributed by atoms with Crippen LogP contribution in [0, 0.1) is 27.7 Å². The first-order valence-corrected chi connectivity index (χ1v) is 6.92. The Morgan fingerprint density at radius 2 is 1.53 bits per heavy atom. The number of halogens is 1. The van der Waals surface area contributed by atoms with Crippen molar-refractivity contribution in [1.82, 2.24) is 0 Å². The lowest BCUT2D eigenvalue weighted by molar-refractivity contribution is 1.09. The largest absolute Gasteiger partial charge is 0.381 e. The molecule has 100 valence electrons. The number of nitrogens with one attached hydrogen (secondary N) is 1. The lowest BCUT2D eigenvalue weighted by atomic mass is 10.0. The molecule has 2 heteroatoms. The van der Waals surface area contributed by atoms with E-state index in [0.29, 0.717) is 0 Å². The van der Waals surface area contributed by atoms with E-state index in [4.69, 9.17) is 11.6 Å². The van der Waals surface area contributed by atoms with Gasteiger partial charge in [-0.05, 0) is 67.6 Å². The molecule has 0 fully saturated rings. The van der Waals surface area contributed by atoms with Crippen LogP contribution in [0.3, 0.4) is 0 Å². The maximum Gasteiger partial charge on any atom is 0.0426 e. The van der Waals surface area contributed by atoms with Crippen molar-refractivity contribution in [3.63, 3.8) is 0 Å². The van der Waals surface area contributed by atoms with Crippen molar-refractivity contribution in [3.05, 3.63) is 63.2 Å². The maximum absolute atomic E-state index is 6.04. The summed E-state index contributed by atoms with van der Waals surface area (Å²) in [4.78, 5) is 0. The number of rotatable bonds is 3. The van der Waals surface area contributed by atoms with Crippen LogP contribution in [-0.2, 0) is 6.54 Å². The fourth-order valence-corrected chi connectivity index (χ4v) is 2.36. The quantitative estimate of drug-likeness (QED) is 0.812. The molecule has 0 unspecified atom stereocenters. The highest BCUT2D eigenvalue weighted by atomic mass is 35.5. The molecule has 0 saturated heterocycles. The van der Waals surface area contributed by atoms with Crippen LogP contribution >= 0.6 is 11.6 Å². The predicted molar refractivity (Wildman–Crippen MR) is 84.2 cm³/mol. The van der Waals surface area contributed by atoms with Gasteiger partial charge in [-0.15, -0.1) is 0 Å². The first-order chi connectivity index (χ1) is 8.97. The Morgan fingerprint density at radius 1 is 0.842 bits per heavy atom. The molecular weight excluding hydrogens is 254 g/mol. The van der Waals surface area contributed by atoms with Gasteiger partial charge in [-0.3, -0.25) is 0 Å². The van der Waals surface area contributed by atoms with E-state index in [1.807, 2.05) is 18.2 Å². The number of benzene rings is 2. The Labute approximate surface area is 120 Å². The third kappa shape index (κ3) is 3.30. The summed E-state index contributed by atoms with van der Waals surface area (Å²) in [6.45, 7) is 9.39. The van der Waals surface area contributed by atoms with Crippen molar-refractivity contribution in [2.45, 2.75) is 34.2 Å². The minimum absolute atomic E-state index is 0.768.